The standard InChI is InChI=1S/C23H25NO3/c1-14(2)12-19(25)20-21(17-10-7-8-15(3)13-17)24(23(27)22(20)26)18-11-6-5-9-16(18)4/h5-11,13-14,21,26H,12H2,1-4H3. The first-order valence-electron chi connectivity index (χ1n) is 9.23. The van der Waals surface area contributed by atoms with Crippen molar-refractivity contribution in [3.63, 3.8) is 0 Å². The van der Waals surface area contributed by atoms with Crippen LogP contribution in [0, 0.1) is 19.8 Å². The highest BCUT2D eigenvalue weighted by molar-refractivity contribution is 6.16. The van der Waals surface area contributed by atoms with Gasteiger partial charge in [-0.3, -0.25) is 14.5 Å². The van der Waals surface area contributed by atoms with Gasteiger partial charge in [-0.05, 0) is 37.0 Å². The van der Waals surface area contributed by atoms with Gasteiger partial charge in [0.15, 0.2) is 11.5 Å². The summed E-state index contributed by atoms with van der Waals surface area (Å²) in [5.74, 6) is -1.00. The number of nitrogens with zero attached hydrogens (tertiary/aromatic N) is 1. The maximum Gasteiger partial charge on any atom is 0.294 e. The van der Waals surface area contributed by atoms with E-state index in [1.165, 1.54) is 0 Å². The molecule has 0 bridgehead atoms. The summed E-state index contributed by atoms with van der Waals surface area (Å²) in [6.45, 7) is 7.79. The van der Waals surface area contributed by atoms with Gasteiger partial charge < -0.3 is 5.11 Å². The predicted octanol–water partition coefficient (Wildman–Crippen LogP) is 4.82. The topological polar surface area (TPSA) is 57.6 Å². The number of ketones is 1. The number of para-hydroxylation sites is 1. The molecule has 0 fully saturated rings. The van der Waals surface area contributed by atoms with Gasteiger partial charge in [-0.25, -0.2) is 0 Å². The molecule has 1 aliphatic rings. The Bertz CT molecular complexity index is 927. The first-order valence-corrected chi connectivity index (χ1v) is 9.23. The van der Waals surface area contributed by atoms with Crippen LogP contribution in [0.1, 0.15) is 43.0 Å². The average Bonchev–Trinajstić information content (AvgIpc) is 2.86. The van der Waals surface area contributed by atoms with Crippen LogP contribution in [0.5, 0.6) is 0 Å². The number of hydrogen-bond donors (Lipinski definition) is 1. The molecule has 140 valence electrons. The van der Waals surface area contributed by atoms with Crippen LogP contribution in [0.4, 0.5) is 5.69 Å². The zero-order valence-corrected chi connectivity index (χ0v) is 16.2. The molecule has 1 heterocycles. The summed E-state index contributed by atoms with van der Waals surface area (Å²) in [4.78, 5) is 27.5. The van der Waals surface area contributed by atoms with Gasteiger partial charge in [-0.1, -0.05) is 61.9 Å². The lowest BCUT2D eigenvalue weighted by Crippen LogP contribution is -2.31. The third-order valence-corrected chi connectivity index (χ3v) is 4.84. The molecule has 0 saturated carbocycles. The van der Waals surface area contributed by atoms with Gasteiger partial charge in [0.25, 0.3) is 5.91 Å². The van der Waals surface area contributed by atoms with E-state index >= 15 is 0 Å². The Kier molecular flexibility index (Phi) is 5.17. The summed E-state index contributed by atoms with van der Waals surface area (Å²) >= 11 is 0. The van der Waals surface area contributed by atoms with E-state index in [0.717, 1.165) is 16.7 Å². The summed E-state index contributed by atoms with van der Waals surface area (Å²) < 4.78 is 0. The number of benzene rings is 2. The van der Waals surface area contributed by atoms with Crippen LogP contribution in [-0.4, -0.2) is 16.8 Å². The zero-order valence-electron chi connectivity index (χ0n) is 16.2. The second-order valence-corrected chi connectivity index (χ2v) is 7.56. The van der Waals surface area contributed by atoms with Crippen molar-refractivity contribution in [1.82, 2.24) is 0 Å². The molecule has 0 radical (unpaired) electrons. The van der Waals surface area contributed by atoms with Crippen molar-refractivity contribution in [2.75, 3.05) is 4.90 Å². The van der Waals surface area contributed by atoms with E-state index in [9.17, 15) is 14.7 Å². The Labute approximate surface area is 160 Å². The van der Waals surface area contributed by atoms with Crippen molar-refractivity contribution in [3.05, 3.63) is 76.6 Å². The lowest BCUT2D eigenvalue weighted by molar-refractivity contribution is -0.118. The van der Waals surface area contributed by atoms with Gasteiger partial charge in [0, 0.05) is 12.1 Å². The van der Waals surface area contributed by atoms with Crippen molar-refractivity contribution in [2.24, 2.45) is 5.92 Å². The minimum Gasteiger partial charge on any atom is -0.503 e. The lowest BCUT2D eigenvalue weighted by Gasteiger charge is -2.28. The fourth-order valence-corrected chi connectivity index (χ4v) is 3.61. The van der Waals surface area contributed by atoms with Gasteiger partial charge in [0.05, 0.1) is 11.6 Å². The van der Waals surface area contributed by atoms with E-state index in [4.69, 9.17) is 0 Å². The number of aliphatic hydroxyl groups excluding tert-OH is 1. The molecule has 2 aromatic rings. The van der Waals surface area contributed by atoms with Crippen LogP contribution in [0.3, 0.4) is 0 Å². The number of Topliss-reactive ketones (excluding diaryl/α,β-unsaturated/α-hetero) is 1. The highest BCUT2D eigenvalue weighted by Crippen LogP contribution is 2.42. The number of hydrogen-bond acceptors (Lipinski definition) is 3. The Morgan fingerprint density at radius 1 is 1.11 bits per heavy atom. The van der Waals surface area contributed by atoms with E-state index < -0.39 is 17.7 Å². The first kappa shape index (κ1) is 18.9. The minimum atomic E-state index is -0.621. The van der Waals surface area contributed by atoms with Crippen molar-refractivity contribution in [2.45, 2.75) is 40.2 Å². The molecule has 0 saturated heterocycles. The second-order valence-electron chi connectivity index (χ2n) is 7.56. The largest absolute Gasteiger partial charge is 0.503 e. The molecule has 0 spiro atoms. The monoisotopic (exact) mass is 363 g/mol. The fraction of sp³-hybridized carbons (Fsp3) is 0.304. The lowest BCUT2D eigenvalue weighted by atomic mass is 9.91. The van der Waals surface area contributed by atoms with E-state index in [0.29, 0.717) is 5.69 Å². The summed E-state index contributed by atoms with van der Waals surface area (Å²) in [6.07, 6.45) is 0.288. The smallest absolute Gasteiger partial charge is 0.294 e. The van der Waals surface area contributed by atoms with Crippen molar-refractivity contribution in [1.29, 1.82) is 0 Å². The van der Waals surface area contributed by atoms with E-state index in [-0.39, 0.29) is 23.7 Å². The molecule has 2 aromatic carbocycles. The van der Waals surface area contributed by atoms with Crippen LogP contribution in [0.25, 0.3) is 0 Å². The quantitative estimate of drug-likeness (QED) is 0.829. The summed E-state index contributed by atoms with van der Waals surface area (Å²) in [7, 11) is 0. The van der Waals surface area contributed by atoms with Crippen molar-refractivity contribution in [3.8, 4) is 0 Å². The Morgan fingerprint density at radius 3 is 2.44 bits per heavy atom. The fourth-order valence-electron chi connectivity index (χ4n) is 3.61. The zero-order chi connectivity index (χ0) is 19.7. The molecular weight excluding hydrogens is 338 g/mol. The predicted molar refractivity (Wildman–Crippen MR) is 107 cm³/mol. The third-order valence-electron chi connectivity index (χ3n) is 4.84. The number of aliphatic hydroxyl groups is 1. The van der Waals surface area contributed by atoms with Crippen LogP contribution >= 0.6 is 0 Å². The summed E-state index contributed by atoms with van der Waals surface area (Å²) in [5, 5.41) is 10.6. The van der Waals surface area contributed by atoms with Crippen molar-refractivity contribution >= 4 is 17.4 Å². The van der Waals surface area contributed by atoms with Crippen LogP contribution in [0.2, 0.25) is 0 Å². The molecular formula is C23H25NO3. The molecule has 0 aliphatic carbocycles. The van der Waals surface area contributed by atoms with Gasteiger partial charge in [-0.2, -0.15) is 0 Å². The number of amides is 1. The summed E-state index contributed by atoms with van der Waals surface area (Å²) in [6, 6.07) is 14.6. The Hall–Kier alpha value is -2.88. The number of rotatable bonds is 5. The number of carbonyl (C=O) groups is 2. The Morgan fingerprint density at radius 2 is 1.81 bits per heavy atom. The molecule has 1 unspecified atom stereocenters. The normalized spacial score (nSPS) is 17.1. The number of carbonyl (C=O) groups excluding carboxylic acids is 2. The first-order chi connectivity index (χ1) is 12.8. The van der Waals surface area contributed by atoms with Crippen LogP contribution in [0.15, 0.2) is 59.9 Å². The molecule has 0 aromatic heterocycles. The highest BCUT2D eigenvalue weighted by Gasteiger charge is 2.44. The molecule has 4 heteroatoms. The van der Waals surface area contributed by atoms with Crippen LogP contribution < -0.4 is 4.90 Å². The van der Waals surface area contributed by atoms with Crippen molar-refractivity contribution < 1.29 is 14.7 Å². The minimum absolute atomic E-state index is 0.138. The van der Waals surface area contributed by atoms with Gasteiger partial charge in [-0.15, -0.1) is 0 Å². The Balaban J connectivity index is 2.19. The molecule has 1 atom stereocenters. The molecule has 1 N–H and O–H groups in total. The molecule has 3 rings (SSSR count). The molecule has 1 aliphatic heterocycles. The van der Waals surface area contributed by atoms with E-state index in [2.05, 4.69) is 0 Å². The summed E-state index contributed by atoms with van der Waals surface area (Å²) in [5.41, 5.74) is 3.67. The highest BCUT2D eigenvalue weighted by atomic mass is 16.3. The molecule has 1 amide bonds. The molecule has 4 nitrogen and oxygen atoms in total. The van der Waals surface area contributed by atoms with Gasteiger partial charge in [0.1, 0.15) is 0 Å². The second kappa shape index (κ2) is 7.39. The van der Waals surface area contributed by atoms with E-state index in [1.807, 2.05) is 76.2 Å². The SMILES string of the molecule is Cc1cccc(C2C(C(=O)CC(C)C)=C(O)C(=O)N2c2ccccc2C)c1. The molecule has 27 heavy (non-hydrogen) atoms. The maximum absolute atomic E-state index is 13.0. The third kappa shape index (κ3) is 3.52. The van der Waals surface area contributed by atoms with Crippen LogP contribution in [-0.2, 0) is 9.59 Å². The number of anilines is 1. The maximum atomic E-state index is 13.0. The van der Waals surface area contributed by atoms with Gasteiger partial charge in [0.2, 0.25) is 0 Å². The van der Waals surface area contributed by atoms with E-state index in [1.54, 1.807) is 4.90 Å². The number of aryl methyl sites for hydroxylation is 2. The van der Waals surface area contributed by atoms with Gasteiger partial charge >= 0.3 is 0 Å². The average molecular weight is 363 g/mol.